The molecule has 0 aromatic heterocycles. The maximum absolute atomic E-state index is 14.5. The van der Waals surface area contributed by atoms with Gasteiger partial charge in [0.05, 0.1) is 21.9 Å². The number of ketones is 1. The number of non-ortho nitro benzene ring substituents is 1. The van der Waals surface area contributed by atoms with E-state index in [0.717, 1.165) is 31.2 Å². The Bertz CT molecular complexity index is 1340. The molecule has 9 heteroatoms. The summed E-state index contributed by atoms with van der Waals surface area (Å²) in [6.45, 7) is 0.637. The molecule has 0 unspecified atom stereocenters. The molecule has 0 amide bonds. The number of nitro groups is 1. The third-order valence-corrected chi connectivity index (χ3v) is 8.94. The van der Waals surface area contributed by atoms with Crippen LogP contribution < -0.4 is 4.74 Å². The molecule has 2 spiro atoms. The van der Waals surface area contributed by atoms with Gasteiger partial charge in [0.25, 0.3) is 5.69 Å². The Morgan fingerprint density at radius 2 is 1.87 bits per heavy atom. The number of likely N-dealkylation sites (tertiary alicyclic amines) is 1. The molecule has 1 aliphatic carbocycles. The predicted octanol–water partition coefficient (Wildman–Crippen LogP) is 4.57. The highest BCUT2D eigenvalue weighted by Gasteiger charge is 2.64. The first-order valence-electron chi connectivity index (χ1n) is 13.4. The Morgan fingerprint density at radius 3 is 2.66 bits per heavy atom. The molecule has 5 aliphatic rings. The van der Waals surface area contributed by atoms with E-state index in [0.29, 0.717) is 23.6 Å². The van der Waals surface area contributed by atoms with E-state index in [9.17, 15) is 14.9 Å². The molecule has 2 aromatic carbocycles. The van der Waals surface area contributed by atoms with E-state index in [4.69, 9.17) is 18.9 Å². The van der Waals surface area contributed by atoms with Crippen molar-refractivity contribution in [3.8, 4) is 5.75 Å². The first kappa shape index (κ1) is 23.8. The summed E-state index contributed by atoms with van der Waals surface area (Å²) in [6, 6.07) is 13.4. The number of hydrogen-bond donors (Lipinski definition) is 0. The normalized spacial score (nSPS) is 33.5. The third kappa shape index (κ3) is 3.45. The molecule has 0 bridgehead atoms. The van der Waals surface area contributed by atoms with Gasteiger partial charge in [0.1, 0.15) is 24.2 Å². The van der Waals surface area contributed by atoms with Crippen molar-refractivity contribution in [2.75, 3.05) is 20.2 Å². The molecule has 0 N–H and O–H groups in total. The highest BCUT2D eigenvalue weighted by Crippen LogP contribution is 2.56. The molecule has 4 heterocycles. The summed E-state index contributed by atoms with van der Waals surface area (Å²) in [7, 11) is 1.96. The second-order valence-electron chi connectivity index (χ2n) is 11.1. The van der Waals surface area contributed by atoms with Crippen molar-refractivity contribution >= 4 is 11.5 Å². The van der Waals surface area contributed by atoms with Crippen molar-refractivity contribution in [2.24, 2.45) is 5.41 Å². The summed E-state index contributed by atoms with van der Waals surface area (Å²) in [5, 5.41) is 11.6. The van der Waals surface area contributed by atoms with Crippen molar-refractivity contribution in [2.45, 2.75) is 62.2 Å². The molecule has 1 saturated carbocycles. The predicted molar refractivity (Wildman–Crippen MR) is 136 cm³/mol. The van der Waals surface area contributed by atoms with Crippen LogP contribution in [-0.4, -0.2) is 60.0 Å². The topological polar surface area (TPSA) is 100 Å². The largest absolute Gasteiger partial charge is 0.492 e. The molecule has 7 rings (SSSR count). The zero-order chi connectivity index (χ0) is 26.1. The van der Waals surface area contributed by atoms with Crippen molar-refractivity contribution in [1.82, 2.24) is 4.90 Å². The maximum Gasteiger partial charge on any atom is 0.269 e. The van der Waals surface area contributed by atoms with Gasteiger partial charge in [-0.3, -0.25) is 19.8 Å². The van der Waals surface area contributed by atoms with Crippen LogP contribution in [0.15, 0.2) is 60.4 Å². The van der Waals surface area contributed by atoms with Crippen LogP contribution in [0.2, 0.25) is 0 Å². The lowest BCUT2D eigenvalue weighted by molar-refractivity contribution is -0.384. The maximum atomic E-state index is 14.5. The third-order valence-electron chi connectivity index (χ3n) is 8.94. The number of benzene rings is 2. The summed E-state index contributed by atoms with van der Waals surface area (Å²) < 4.78 is 25.5. The molecule has 4 aliphatic heterocycles. The standard InChI is InChI=1S/C29H30N2O7/c1-30-16-21(18-8-7-9-19(14-18)31(33)34)29(17-35-22-11-4-3-10-20(22)26(29)32)25(30)23-15-24-27(36-23)38-28(37-24)12-5-2-6-13-28/h3-4,7-11,14-15,21,24-25,27H,2,5-6,12-13,16-17H2,1H3/t21-,24+,25-,27+,29+/m1/s1. The Labute approximate surface area is 220 Å². The minimum atomic E-state index is -1.05. The van der Waals surface area contributed by atoms with Crippen molar-refractivity contribution in [3.63, 3.8) is 0 Å². The van der Waals surface area contributed by atoms with Crippen LogP contribution in [0.5, 0.6) is 5.75 Å². The minimum absolute atomic E-state index is 0.00114. The zero-order valence-corrected chi connectivity index (χ0v) is 21.2. The Hall–Kier alpha value is -3.27. The molecule has 9 nitrogen and oxygen atoms in total. The van der Waals surface area contributed by atoms with E-state index in [2.05, 4.69) is 4.90 Å². The van der Waals surface area contributed by atoms with Gasteiger partial charge in [-0.2, -0.15) is 0 Å². The summed E-state index contributed by atoms with van der Waals surface area (Å²) >= 11 is 0. The number of carbonyl (C=O) groups excluding carboxylic acids is 1. The molecule has 2 saturated heterocycles. The Kier molecular flexibility index (Phi) is 5.41. The van der Waals surface area contributed by atoms with E-state index in [1.807, 2.05) is 31.3 Å². The molecule has 0 radical (unpaired) electrons. The lowest BCUT2D eigenvalue weighted by Crippen LogP contribution is -2.53. The smallest absolute Gasteiger partial charge is 0.269 e. The molecular formula is C29H30N2O7. The Balaban J connectivity index is 1.30. The molecular weight excluding hydrogens is 488 g/mol. The molecule has 38 heavy (non-hydrogen) atoms. The summed E-state index contributed by atoms with van der Waals surface area (Å²) in [5.74, 6) is 0.214. The van der Waals surface area contributed by atoms with Crippen LogP contribution in [-0.2, 0) is 14.2 Å². The van der Waals surface area contributed by atoms with E-state index >= 15 is 0 Å². The van der Waals surface area contributed by atoms with Crippen LogP contribution in [0.4, 0.5) is 5.69 Å². The SMILES string of the molecule is CN1C[C@H](c2cccc([N+](=O)[O-])c2)[C@@]2(COc3ccccc3C2=O)[C@H]1C1=C[C@@H]2OC3(CCCCC3)O[C@@H]2O1. The number of hydrogen-bond acceptors (Lipinski definition) is 8. The van der Waals surface area contributed by atoms with E-state index in [-0.39, 0.29) is 30.1 Å². The van der Waals surface area contributed by atoms with Gasteiger partial charge in [0, 0.05) is 37.4 Å². The van der Waals surface area contributed by atoms with Crippen LogP contribution in [0.3, 0.4) is 0 Å². The fourth-order valence-electron chi connectivity index (χ4n) is 7.26. The average molecular weight is 519 g/mol. The number of Topliss-reactive ketones (excluding diaryl/α,β-unsaturated/α-hetero) is 1. The van der Waals surface area contributed by atoms with E-state index in [1.54, 1.807) is 24.3 Å². The fourth-order valence-corrected chi connectivity index (χ4v) is 7.26. The van der Waals surface area contributed by atoms with Gasteiger partial charge >= 0.3 is 0 Å². The van der Waals surface area contributed by atoms with Crippen LogP contribution in [0.1, 0.15) is 53.9 Å². The van der Waals surface area contributed by atoms with Gasteiger partial charge in [0.15, 0.2) is 11.6 Å². The lowest BCUT2D eigenvalue weighted by atomic mass is 9.65. The van der Waals surface area contributed by atoms with Crippen LogP contribution >= 0.6 is 0 Å². The first-order chi connectivity index (χ1) is 18.4. The minimum Gasteiger partial charge on any atom is -0.492 e. The number of ether oxygens (including phenoxy) is 4. The van der Waals surface area contributed by atoms with Crippen molar-refractivity contribution in [1.29, 1.82) is 0 Å². The number of para-hydroxylation sites is 1. The summed E-state index contributed by atoms with van der Waals surface area (Å²) in [4.78, 5) is 27.7. The summed E-state index contributed by atoms with van der Waals surface area (Å²) in [5.41, 5.74) is 0.198. The number of nitro benzene ring substituents is 1. The van der Waals surface area contributed by atoms with Crippen LogP contribution in [0, 0.1) is 15.5 Å². The fraction of sp³-hybridized carbons (Fsp3) is 0.483. The number of rotatable bonds is 3. The number of nitrogens with zero attached hydrogens (tertiary/aromatic N) is 2. The van der Waals surface area contributed by atoms with Gasteiger partial charge in [0.2, 0.25) is 6.29 Å². The van der Waals surface area contributed by atoms with Gasteiger partial charge in [-0.25, -0.2) is 0 Å². The Morgan fingerprint density at radius 1 is 1.05 bits per heavy atom. The van der Waals surface area contributed by atoms with E-state index in [1.165, 1.54) is 12.5 Å². The number of likely N-dealkylation sites (N-methyl/N-ethyl adjacent to an activating group) is 1. The van der Waals surface area contributed by atoms with Crippen LogP contribution in [0.25, 0.3) is 0 Å². The highest BCUT2D eigenvalue weighted by molar-refractivity contribution is 6.05. The van der Waals surface area contributed by atoms with E-state index < -0.39 is 28.5 Å². The average Bonchev–Trinajstić information content (AvgIpc) is 3.54. The lowest BCUT2D eigenvalue weighted by Gasteiger charge is -2.42. The quantitative estimate of drug-likeness (QED) is 0.430. The van der Waals surface area contributed by atoms with Gasteiger partial charge in [-0.15, -0.1) is 0 Å². The molecule has 5 atom stereocenters. The second-order valence-corrected chi connectivity index (χ2v) is 11.1. The highest BCUT2D eigenvalue weighted by atomic mass is 16.8. The summed E-state index contributed by atoms with van der Waals surface area (Å²) in [6.07, 6.45) is 6.14. The van der Waals surface area contributed by atoms with Crippen molar-refractivity contribution in [3.05, 3.63) is 81.6 Å². The second kappa shape index (κ2) is 8.62. The number of fused-ring (bicyclic) bond motifs is 2. The molecule has 198 valence electrons. The molecule has 3 fully saturated rings. The zero-order valence-electron chi connectivity index (χ0n) is 21.2. The van der Waals surface area contributed by atoms with Gasteiger partial charge in [-0.05, 0) is 43.7 Å². The monoisotopic (exact) mass is 518 g/mol. The van der Waals surface area contributed by atoms with Gasteiger partial charge < -0.3 is 18.9 Å². The molecule has 2 aromatic rings. The van der Waals surface area contributed by atoms with Crippen molar-refractivity contribution < 1.29 is 28.7 Å². The number of carbonyl (C=O) groups is 1. The first-order valence-corrected chi connectivity index (χ1v) is 13.4. The van der Waals surface area contributed by atoms with Gasteiger partial charge in [-0.1, -0.05) is 30.7 Å².